The van der Waals surface area contributed by atoms with E-state index in [1.807, 2.05) is 0 Å². The van der Waals surface area contributed by atoms with E-state index in [9.17, 15) is 0 Å². The molecule has 0 fully saturated rings. The summed E-state index contributed by atoms with van der Waals surface area (Å²) in [5, 5.41) is 10.0. The molecule has 146 valence electrons. The highest BCUT2D eigenvalue weighted by atomic mass is 32.1. The summed E-state index contributed by atoms with van der Waals surface area (Å²) in [7, 11) is 0. The third kappa shape index (κ3) is 5.78. The van der Waals surface area contributed by atoms with Gasteiger partial charge in [-0.25, -0.2) is 9.98 Å². The number of thiazole rings is 1. The van der Waals surface area contributed by atoms with Gasteiger partial charge in [-0.3, -0.25) is 4.90 Å². The smallest absolute Gasteiger partial charge is 0.191 e. The van der Waals surface area contributed by atoms with E-state index in [0.29, 0.717) is 12.5 Å². The minimum atomic E-state index is 0.472. The topological polar surface area (TPSA) is 52.6 Å². The van der Waals surface area contributed by atoms with Crippen molar-refractivity contribution in [2.75, 3.05) is 26.2 Å². The zero-order valence-electron chi connectivity index (χ0n) is 16.7. The fourth-order valence-corrected chi connectivity index (χ4v) is 4.11. The van der Waals surface area contributed by atoms with Crippen LogP contribution in [0.15, 0.2) is 34.6 Å². The number of nitrogens with zero attached hydrogens (tertiary/aromatic N) is 3. The average molecular weight is 386 g/mol. The first-order chi connectivity index (χ1) is 13.2. The molecule has 0 saturated carbocycles. The lowest BCUT2D eigenvalue weighted by molar-refractivity contribution is 0.258. The first-order valence-electron chi connectivity index (χ1n) is 9.91. The third-order valence-electron chi connectivity index (χ3n) is 4.81. The molecule has 0 bridgehead atoms. The summed E-state index contributed by atoms with van der Waals surface area (Å²) >= 11 is 1.70. The molecule has 0 atom stereocenters. The van der Waals surface area contributed by atoms with Gasteiger partial charge in [0.25, 0.3) is 0 Å². The van der Waals surface area contributed by atoms with Crippen LogP contribution in [0, 0.1) is 0 Å². The Hall–Kier alpha value is -1.92. The second kappa shape index (κ2) is 9.85. The van der Waals surface area contributed by atoms with Gasteiger partial charge in [0, 0.05) is 38.1 Å². The minimum absolute atomic E-state index is 0.472. The van der Waals surface area contributed by atoms with Crippen molar-refractivity contribution in [3.8, 4) is 0 Å². The van der Waals surface area contributed by atoms with Crippen molar-refractivity contribution in [1.29, 1.82) is 0 Å². The van der Waals surface area contributed by atoms with E-state index in [2.05, 4.69) is 70.9 Å². The largest absolute Gasteiger partial charge is 0.357 e. The number of aliphatic imine (C=N–C) groups is 1. The summed E-state index contributed by atoms with van der Waals surface area (Å²) < 4.78 is 0. The molecule has 2 heterocycles. The monoisotopic (exact) mass is 385 g/mol. The van der Waals surface area contributed by atoms with Gasteiger partial charge < -0.3 is 10.6 Å². The highest BCUT2D eigenvalue weighted by Gasteiger charge is 2.15. The standard InChI is InChI=1S/C21H31N5S/c1-4-22-21(24-13-20-25-19(15-27-20)16(2)3)23-10-12-26-11-9-17-7-5-6-8-18(17)14-26/h5-8,15-16H,4,9-14H2,1-3H3,(H2,22,23,24). The lowest BCUT2D eigenvalue weighted by Gasteiger charge is -2.28. The first kappa shape index (κ1) is 19.8. The number of guanidine groups is 1. The quantitative estimate of drug-likeness (QED) is 0.567. The predicted molar refractivity (Wildman–Crippen MR) is 114 cm³/mol. The van der Waals surface area contributed by atoms with Gasteiger partial charge in [0.1, 0.15) is 5.01 Å². The molecule has 1 aromatic heterocycles. The van der Waals surface area contributed by atoms with Crippen LogP contribution in [0.2, 0.25) is 0 Å². The van der Waals surface area contributed by atoms with Crippen molar-refractivity contribution in [2.24, 2.45) is 4.99 Å². The molecular weight excluding hydrogens is 354 g/mol. The van der Waals surface area contributed by atoms with Gasteiger partial charge in [0.05, 0.1) is 12.2 Å². The Morgan fingerprint density at radius 2 is 2.07 bits per heavy atom. The van der Waals surface area contributed by atoms with Crippen molar-refractivity contribution < 1.29 is 0 Å². The normalized spacial score (nSPS) is 15.0. The Morgan fingerprint density at radius 1 is 1.26 bits per heavy atom. The Morgan fingerprint density at radius 3 is 2.81 bits per heavy atom. The van der Waals surface area contributed by atoms with Crippen molar-refractivity contribution in [3.05, 3.63) is 51.5 Å². The van der Waals surface area contributed by atoms with Gasteiger partial charge in [-0.2, -0.15) is 0 Å². The molecule has 0 spiro atoms. The Balaban J connectivity index is 1.48. The molecular formula is C21H31N5S. The van der Waals surface area contributed by atoms with Crippen molar-refractivity contribution in [3.63, 3.8) is 0 Å². The van der Waals surface area contributed by atoms with Crippen LogP contribution in [-0.2, 0) is 19.5 Å². The molecule has 1 aliphatic heterocycles. The van der Waals surface area contributed by atoms with Crippen LogP contribution in [0.1, 0.15) is 48.5 Å². The Labute approximate surface area is 166 Å². The van der Waals surface area contributed by atoms with E-state index in [-0.39, 0.29) is 0 Å². The van der Waals surface area contributed by atoms with Crippen LogP contribution >= 0.6 is 11.3 Å². The fourth-order valence-electron chi connectivity index (χ4n) is 3.23. The molecule has 3 rings (SSSR count). The predicted octanol–water partition coefficient (Wildman–Crippen LogP) is 3.38. The van der Waals surface area contributed by atoms with Crippen LogP contribution in [0.4, 0.5) is 0 Å². The SMILES string of the molecule is CCNC(=NCc1nc(C(C)C)cs1)NCCN1CCc2ccccc2C1. The van der Waals surface area contributed by atoms with Crippen molar-refractivity contribution >= 4 is 17.3 Å². The third-order valence-corrected chi connectivity index (χ3v) is 5.66. The Bertz CT molecular complexity index is 753. The Kier molecular flexibility index (Phi) is 7.24. The molecule has 0 aliphatic carbocycles. The van der Waals surface area contributed by atoms with E-state index in [1.54, 1.807) is 11.3 Å². The molecule has 5 nitrogen and oxygen atoms in total. The number of hydrogen-bond donors (Lipinski definition) is 2. The average Bonchev–Trinajstić information content (AvgIpc) is 3.15. The van der Waals surface area contributed by atoms with E-state index in [4.69, 9.17) is 4.99 Å². The summed E-state index contributed by atoms with van der Waals surface area (Å²) in [6.07, 6.45) is 1.15. The lowest BCUT2D eigenvalue weighted by Crippen LogP contribution is -2.42. The van der Waals surface area contributed by atoms with Crippen molar-refractivity contribution in [1.82, 2.24) is 20.5 Å². The van der Waals surface area contributed by atoms with Crippen LogP contribution in [-0.4, -0.2) is 42.0 Å². The molecule has 2 N–H and O–H groups in total. The number of nitrogens with one attached hydrogen (secondary N) is 2. The summed E-state index contributed by atoms with van der Waals surface area (Å²) in [6, 6.07) is 8.78. The number of rotatable bonds is 7. The highest BCUT2D eigenvalue weighted by molar-refractivity contribution is 7.09. The first-order valence-corrected chi connectivity index (χ1v) is 10.8. The number of aromatic nitrogens is 1. The van der Waals surface area contributed by atoms with Crippen molar-refractivity contribution in [2.45, 2.75) is 46.2 Å². The summed E-state index contributed by atoms with van der Waals surface area (Å²) in [5.74, 6) is 1.34. The maximum absolute atomic E-state index is 4.70. The number of hydrogen-bond acceptors (Lipinski definition) is 4. The zero-order valence-corrected chi connectivity index (χ0v) is 17.5. The second-order valence-corrected chi connectivity index (χ2v) is 8.18. The van der Waals surface area contributed by atoms with Crippen LogP contribution in [0.3, 0.4) is 0 Å². The molecule has 0 unspecified atom stereocenters. The van der Waals surface area contributed by atoms with Gasteiger partial charge >= 0.3 is 0 Å². The lowest BCUT2D eigenvalue weighted by atomic mass is 10.00. The molecule has 27 heavy (non-hydrogen) atoms. The second-order valence-electron chi connectivity index (χ2n) is 7.24. The van der Waals surface area contributed by atoms with E-state index in [0.717, 1.165) is 55.8 Å². The maximum atomic E-state index is 4.70. The summed E-state index contributed by atoms with van der Waals surface area (Å²) in [5.41, 5.74) is 4.13. The van der Waals surface area contributed by atoms with Gasteiger partial charge in [-0.15, -0.1) is 11.3 Å². The fraction of sp³-hybridized carbons (Fsp3) is 0.524. The van der Waals surface area contributed by atoms with Crippen LogP contribution in [0.25, 0.3) is 0 Å². The van der Waals surface area contributed by atoms with Crippen LogP contribution in [0.5, 0.6) is 0 Å². The molecule has 2 aromatic rings. The number of benzene rings is 1. The van der Waals surface area contributed by atoms with Gasteiger partial charge in [-0.05, 0) is 30.4 Å². The van der Waals surface area contributed by atoms with Gasteiger partial charge in [0.15, 0.2) is 5.96 Å². The number of fused-ring (bicyclic) bond motifs is 1. The molecule has 6 heteroatoms. The molecule has 1 aromatic carbocycles. The zero-order chi connectivity index (χ0) is 19.1. The maximum Gasteiger partial charge on any atom is 0.191 e. The molecule has 0 saturated heterocycles. The highest BCUT2D eigenvalue weighted by Crippen LogP contribution is 2.19. The van der Waals surface area contributed by atoms with Crippen LogP contribution < -0.4 is 10.6 Å². The molecule has 0 amide bonds. The van der Waals surface area contributed by atoms with E-state index >= 15 is 0 Å². The summed E-state index contributed by atoms with van der Waals surface area (Å²) in [6.45, 7) is 12.0. The summed E-state index contributed by atoms with van der Waals surface area (Å²) in [4.78, 5) is 11.9. The van der Waals surface area contributed by atoms with E-state index in [1.165, 1.54) is 11.1 Å². The van der Waals surface area contributed by atoms with Gasteiger partial charge in [0.2, 0.25) is 0 Å². The van der Waals surface area contributed by atoms with E-state index < -0.39 is 0 Å². The molecule has 0 radical (unpaired) electrons. The molecule has 1 aliphatic rings. The van der Waals surface area contributed by atoms with Gasteiger partial charge in [-0.1, -0.05) is 38.1 Å². The minimum Gasteiger partial charge on any atom is -0.357 e.